The average Bonchev–Trinajstić information content (AvgIpc) is 2.91. The molecular formula is C18H27N3O2. The summed E-state index contributed by atoms with van der Waals surface area (Å²) in [4.78, 5) is 0. The monoisotopic (exact) mass is 317 g/mol. The quantitative estimate of drug-likeness (QED) is 0.889. The van der Waals surface area contributed by atoms with Crippen LogP contribution in [0.25, 0.3) is 5.69 Å². The van der Waals surface area contributed by atoms with Crippen LogP contribution in [-0.2, 0) is 11.8 Å². The second-order valence-electron chi connectivity index (χ2n) is 6.56. The van der Waals surface area contributed by atoms with Gasteiger partial charge < -0.3 is 15.2 Å². The summed E-state index contributed by atoms with van der Waals surface area (Å²) in [5.41, 5.74) is 8.65. The lowest BCUT2D eigenvalue weighted by Gasteiger charge is -2.17. The molecule has 0 fully saturated rings. The molecule has 0 unspecified atom stereocenters. The van der Waals surface area contributed by atoms with Gasteiger partial charge in [-0.1, -0.05) is 32.9 Å². The van der Waals surface area contributed by atoms with Crippen molar-refractivity contribution in [3.05, 3.63) is 35.5 Å². The van der Waals surface area contributed by atoms with Crippen LogP contribution in [0.1, 0.15) is 38.4 Å². The number of methoxy groups -OCH3 is 2. The van der Waals surface area contributed by atoms with Crippen molar-refractivity contribution in [3.63, 3.8) is 0 Å². The van der Waals surface area contributed by atoms with Gasteiger partial charge in [-0.3, -0.25) is 0 Å². The minimum Gasteiger partial charge on any atom is -0.494 e. The highest BCUT2D eigenvalue weighted by Gasteiger charge is 2.28. The molecule has 2 N–H and O–H groups in total. The molecule has 0 spiro atoms. The Morgan fingerprint density at radius 3 is 2.39 bits per heavy atom. The fourth-order valence-electron chi connectivity index (χ4n) is 2.72. The van der Waals surface area contributed by atoms with Gasteiger partial charge in [0.2, 0.25) is 5.88 Å². The molecule has 0 amide bonds. The van der Waals surface area contributed by atoms with Crippen LogP contribution in [-0.4, -0.2) is 30.5 Å². The van der Waals surface area contributed by atoms with Gasteiger partial charge in [0, 0.05) is 11.0 Å². The van der Waals surface area contributed by atoms with E-state index in [9.17, 15) is 0 Å². The number of nitrogens with zero attached hydrogens (tertiary/aromatic N) is 2. The first-order valence-corrected chi connectivity index (χ1v) is 7.93. The lowest BCUT2D eigenvalue weighted by atomic mass is 9.88. The number of benzene rings is 1. The van der Waals surface area contributed by atoms with Crippen LogP contribution in [0, 0.1) is 0 Å². The van der Waals surface area contributed by atoms with E-state index in [1.807, 2.05) is 28.9 Å². The topological polar surface area (TPSA) is 62.3 Å². The van der Waals surface area contributed by atoms with Crippen molar-refractivity contribution in [1.29, 1.82) is 0 Å². The predicted molar refractivity (Wildman–Crippen MR) is 92.7 cm³/mol. The first-order chi connectivity index (χ1) is 10.9. The molecule has 23 heavy (non-hydrogen) atoms. The van der Waals surface area contributed by atoms with Gasteiger partial charge in [-0.15, -0.1) is 0 Å². The van der Waals surface area contributed by atoms with E-state index in [1.165, 1.54) is 0 Å². The molecule has 1 aromatic heterocycles. The van der Waals surface area contributed by atoms with Gasteiger partial charge in [-0.05, 0) is 31.5 Å². The van der Waals surface area contributed by atoms with Crippen molar-refractivity contribution in [2.75, 3.05) is 20.8 Å². The molecule has 1 aromatic carbocycles. The van der Waals surface area contributed by atoms with Crippen LogP contribution >= 0.6 is 0 Å². The minimum atomic E-state index is -0.0789. The third-order valence-electron chi connectivity index (χ3n) is 3.78. The average molecular weight is 317 g/mol. The molecule has 0 aliphatic carbocycles. The summed E-state index contributed by atoms with van der Waals surface area (Å²) in [6, 6.07) is 7.81. The molecule has 2 rings (SSSR count). The van der Waals surface area contributed by atoms with E-state index in [2.05, 4.69) is 20.8 Å². The van der Waals surface area contributed by atoms with Gasteiger partial charge in [-0.25, -0.2) is 0 Å². The Balaban J connectivity index is 2.66. The molecular weight excluding hydrogens is 290 g/mol. The van der Waals surface area contributed by atoms with Gasteiger partial charge in [0.1, 0.15) is 11.4 Å². The van der Waals surface area contributed by atoms with Crippen molar-refractivity contribution < 1.29 is 9.47 Å². The standard InChI is InChI=1S/C18H27N3O2/c1-18(2,3)16-13(9-8-12-19)17(23-5)21(20-16)14-10-6-7-11-15(14)22-4/h6-7,10-11H,8-9,12,19H2,1-5H3. The number of hydrogen-bond acceptors (Lipinski definition) is 4. The zero-order valence-electron chi connectivity index (χ0n) is 14.7. The summed E-state index contributed by atoms with van der Waals surface area (Å²) in [6.45, 7) is 7.13. The summed E-state index contributed by atoms with van der Waals surface area (Å²) in [5, 5.41) is 4.85. The lowest BCUT2D eigenvalue weighted by Crippen LogP contribution is -2.15. The number of hydrogen-bond donors (Lipinski definition) is 1. The van der Waals surface area contributed by atoms with Crippen molar-refractivity contribution in [2.24, 2.45) is 5.73 Å². The Morgan fingerprint density at radius 1 is 1.13 bits per heavy atom. The lowest BCUT2D eigenvalue weighted by molar-refractivity contribution is 0.372. The van der Waals surface area contributed by atoms with Crippen LogP contribution in [0.15, 0.2) is 24.3 Å². The largest absolute Gasteiger partial charge is 0.494 e. The van der Waals surface area contributed by atoms with Gasteiger partial charge >= 0.3 is 0 Å². The number of nitrogens with two attached hydrogens (primary N) is 1. The Morgan fingerprint density at radius 2 is 1.83 bits per heavy atom. The first kappa shape index (κ1) is 17.3. The second-order valence-corrected chi connectivity index (χ2v) is 6.56. The molecule has 5 nitrogen and oxygen atoms in total. The molecule has 1 heterocycles. The maximum absolute atomic E-state index is 5.71. The fourth-order valence-corrected chi connectivity index (χ4v) is 2.72. The summed E-state index contributed by atoms with van der Waals surface area (Å²) >= 11 is 0. The first-order valence-electron chi connectivity index (χ1n) is 7.93. The SMILES string of the molecule is COc1ccccc1-n1nc(C(C)(C)C)c(CCCN)c1OC. The molecule has 0 atom stereocenters. The highest BCUT2D eigenvalue weighted by atomic mass is 16.5. The van der Waals surface area contributed by atoms with Crippen LogP contribution < -0.4 is 15.2 Å². The molecule has 2 aromatic rings. The Kier molecular flexibility index (Phi) is 5.31. The van der Waals surface area contributed by atoms with Gasteiger partial charge in [0.25, 0.3) is 0 Å². The van der Waals surface area contributed by atoms with Crippen LogP contribution in [0.3, 0.4) is 0 Å². The predicted octanol–water partition coefficient (Wildman–Crippen LogP) is 3.08. The van der Waals surface area contributed by atoms with E-state index in [0.29, 0.717) is 6.54 Å². The third kappa shape index (κ3) is 3.50. The normalized spacial score (nSPS) is 11.6. The molecule has 0 saturated heterocycles. The number of rotatable bonds is 6. The van der Waals surface area contributed by atoms with Crippen LogP contribution in [0.5, 0.6) is 11.6 Å². The highest BCUT2D eigenvalue weighted by Crippen LogP contribution is 2.36. The second kappa shape index (κ2) is 7.04. The van der Waals surface area contributed by atoms with Crippen molar-refractivity contribution in [3.8, 4) is 17.3 Å². The van der Waals surface area contributed by atoms with Gasteiger partial charge in [-0.2, -0.15) is 9.78 Å². The Labute approximate surface area is 138 Å². The Bertz CT molecular complexity index is 657. The summed E-state index contributed by atoms with van der Waals surface area (Å²) in [5.74, 6) is 1.52. The maximum atomic E-state index is 5.71. The van der Waals surface area contributed by atoms with Gasteiger partial charge in [0.15, 0.2) is 0 Å². The smallest absolute Gasteiger partial charge is 0.220 e. The Hall–Kier alpha value is -2.01. The molecule has 0 saturated carbocycles. The highest BCUT2D eigenvalue weighted by molar-refractivity contribution is 5.51. The van der Waals surface area contributed by atoms with Crippen molar-refractivity contribution >= 4 is 0 Å². The number of ether oxygens (including phenoxy) is 2. The molecule has 0 aliphatic heterocycles. The third-order valence-corrected chi connectivity index (χ3v) is 3.78. The van der Waals surface area contributed by atoms with E-state index in [4.69, 9.17) is 20.3 Å². The van der Waals surface area contributed by atoms with E-state index in [-0.39, 0.29) is 5.41 Å². The van der Waals surface area contributed by atoms with E-state index >= 15 is 0 Å². The van der Waals surface area contributed by atoms with E-state index < -0.39 is 0 Å². The summed E-state index contributed by atoms with van der Waals surface area (Å²) in [7, 11) is 3.34. The zero-order chi connectivity index (χ0) is 17.0. The number of para-hydroxylation sites is 2. The number of aromatic nitrogens is 2. The van der Waals surface area contributed by atoms with Gasteiger partial charge in [0.05, 0.1) is 19.9 Å². The zero-order valence-corrected chi connectivity index (χ0v) is 14.7. The van der Waals surface area contributed by atoms with Crippen molar-refractivity contribution in [1.82, 2.24) is 9.78 Å². The van der Waals surface area contributed by atoms with E-state index in [0.717, 1.165) is 41.4 Å². The summed E-state index contributed by atoms with van der Waals surface area (Å²) < 4.78 is 13.0. The van der Waals surface area contributed by atoms with Crippen molar-refractivity contribution in [2.45, 2.75) is 39.0 Å². The minimum absolute atomic E-state index is 0.0789. The van der Waals surface area contributed by atoms with E-state index in [1.54, 1.807) is 14.2 Å². The molecule has 5 heteroatoms. The maximum Gasteiger partial charge on any atom is 0.220 e. The molecule has 126 valence electrons. The summed E-state index contributed by atoms with van der Waals surface area (Å²) in [6.07, 6.45) is 1.75. The molecule has 0 aliphatic rings. The molecule has 0 bridgehead atoms. The fraction of sp³-hybridized carbons (Fsp3) is 0.500. The van der Waals surface area contributed by atoms with Crippen LogP contribution in [0.4, 0.5) is 0 Å². The van der Waals surface area contributed by atoms with Crippen LogP contribution in [0.2, 0.25) is 0 Å². The molecule has 0 radical (unpaired) electrons.